The van der Waals surface area contributed by atoms with Crippen molar-refractivity contribution in [3.63, 3.8) is 0 Å². The summed E-state index contributed by atoms with van der Waals surface area (Å²) in [6.45, 7) is -0.701. The minimum Gasteiger partial charge on any atom is -0.382 e. The molecule has 0 saturated heterocycles. The number of aliphatic hydroxyl groups is 1. The van der Waals surface area contributed by atoms with Gasteiger partial charge in [0.05, 0.1) is 6.54 Å². The highest BCUT2D eigenvalue weighted by Crippen LogP contribution is 2.22. The van der Waals surface area contributed by atoms with Crippen molar-refractivity contribution in [2.24, 2.45) is 0 Å². The van der Waals surface area contributed by atoms with Crippen molar-refractivity contribution in [1.29, 1.82) is 0 Å². The van der Waals surface area contributed by atoms with Crippen LogP contribution < -0.4 is 0 Å². The van der Waals surface area contributed by atoms with Crippen molar-refractivity contribution >= 4 is 0 Å². The van der Waals surface area contributed by atoms with Gasteiger partial charge < -0.3 is 5.11 Å². The molecule has 0 aliphatic rings. The minimum absolute atomic E-state index is 0.228. The van der Waals surface area contributed by atoms with E-state index in [1.54, 1.807) is 12.1 Å². The molecule has 18 heavy (non-hydrogen) atoms. The van der Waals surface area contributed by atoms with E-state index in [1.807, 2.05) is 0 Å². The standard InChI is InChI=1S/C10H9F3N4O/c11-10(12,13)8(18)5-17-9(15-6-16-17)7-2-1-3-14-4-7/h1-4,6,8,18H,5H2. The molecule has 2 aromatic rings. The molecule has 2 rings (SSSR count). The van der Waals surface area contributed by atoms with Gasteiger partial charge in [-0.05, 0) is 12.1 Å². The highest BCUT2D eigenvalue weighted by Gasteiger charge is 2.38. The predicted molar refractivity (Wildman–Crippen MR) is 55.3 cm³/mol. The van der Waals surface area contributed by atoms with Crippen LogP contribution in [0.25, 0.3) is 11.4 Å². The Morgan fingerprint density at radius 3 is 2.78 bits per heavy atom. The van der Waals surface area contributed by atoms with E-state index >= 15 is 0 Å². The Bertz CT molecular complexity index is 511. The van der Waals surface area contributed by atoms with Crippen LogP contribution in [0.3, 0.4) is 0 Å². The molecule has 0 aliphatic carbocycles. The van der Waals surface area contributed by atoms with Crippen molar-refractivity contribution in [3.05, 3.63) is 30.9 Å². The molecular formula is C10H9F3N4O. The monoisotopic (exact) mass is 258 g/mol. The summed E-state index contributed by atoms with van der Waals surface area (Å²) in [7, 11) is 0. The van der Waals surface area contributed by atoms with Gasteiger partial charge in [-0.15, -0.1) is 0 Å². The summed E-state index contributed by atoms with van der Waals surface area (Å²) < 4.78 is 37.7. The summed E-state index contributed by atoms with van der Waals surface area (Å²) >= 11 is 0. The number of halogens is 3. The Kier molecular flexibility index (Phi) is 3.28. The maximum atomic E-state index is 12.3. The zero-order valence-electron chi connectivity index (χ0n) is 9.04. The first-order chi connectivity index (χ1) is 8.48. The highest BCUT2D eigenvalue weighted by molar-refractivity contribution is 5.52. The molecule has 0 radical (unpaired) electrons. The van der Waals surface area contributed by atoms with Gasteiger partial charge in [0.2, 0.25) is 0 Å². The lowest BCUT2D eigenvalue weighted by Gasteiger charge is -2.15. The highest BCUT2D eigenvalue weighted by atomic mass is 19.4. The summed E-state index contributed by atoms with van der Waals surface area (Å²) in [5.41, 5.74) is 0.532. The van der Waals surface area contributed by atoms with Crippen LogP contribution >= 0.6 is 0 Å². The molecule has 0 fully saturated rings. The van der Waals surface area contributed by atoms with Crippen LogP contribution in [0.2, 0.25) is 0 Å². The molecule has 1 atom stereocenters. The number of alkyl halides is 3. The minimum atomic E-state index is -4.68. The van der Waals surface area contributed by atoms with E-state index < -0.39 is 18.8 Å². The van der Waals surface area contributed by atoms with Gasteiger partial charge in [-0.1, -0.05) is 0 Å². The molecule has 2 aromatic heterocycles. The van der Waals surface area contributed by atoms with Gasteiger partial charge in [-0.2, -0.15) is 18.3 Å². The van der Waals surface area contributed by atoms with E-state index in [4.69, 9.17) is 5.11 Å². The Morgan fingerprint density at radius 1 is 1.39 bits per heavy atom. The second-order valence-corrected chi connectivity index (χ2v) is 3.56. The van der Waals surface area contributed by atoms with Crippen molar-refractivity contribution < 1.29 is 18.3 Å². The number of aromatic nitrogens is 4. The number of pyridine rings is 1. The van der Waals surface area contributed by atoms with Crippen LogP contribution in [0.5, 0.6) is 0 Å². The lowest BCUT2D eigenvalue weighted by molar-refractivity contribution is -0.207. The third kappa shape index (κ3) is 2.65. The van der Waals surface area contributed by atoms with E-state index in [-0.39, 0.29) is 5.82 Å². The summed E-state index contributed by atoms with van der Waals surface area (Å²) in [5, 5.41) is 12.7. The largest absolute Gasteiger partial charge is 0.416 e. The number of hydrogen-bond acceptors (Lipinski definition) is 4. The zero-order chi connectivity index (χ0) is 13.2. The molecule has 1 unspecified atom stereocenters. The fraction of sp³-hybridized carbons (Fsp3) is 0.300. The number of hydrogen-bond donors (Lipinski definition) is 1. The quantitative estimate of drug-likeness (QED) is 0.900. The summed E-state index contributed by atoms with van der Waals surface area (Å²) in [5.74, 6) is 0.228. The van der Waals surface area contributed by atoms with Gasteiger partial charge in [0.25, 0.3) is 0 Å². The van der Waals surface area contributed by atoms with Gasteiger partial charge in [0.15, 0.2) is 11.9 Å². The smallest absolute Gasteiger partial charge is 0.382 e. The molecule has 0 aliphatic heterocycles. The van der Waals surface area contributed by atoms with Crippen molar-refractivity contribution in [1.82, 2.24) is 19.7 Å². The number of aliphatic hydroxyl groups excluding tert-OH is 1. The maximum Gasteiger partial charge on any atom is 0.416 e. The second kappa shape index (κ2) is 4.73. The number of nitrogens with zero attached hydrogens (tertiary/aromatic N) is 4. The Hall–Kier alpha value is -1.96. The first-order valence-corrected chi connectivity index (χ1v) is 5.01. The summed E-state index contributed by atoms with van der Waals surface area (Å²) in [4.78, 5) is 7.70. The van der Waals surface area contributed by atoms with Gasteiger partial charge >= 0.3 is 6.18 Å². The normalized spacial score (nSPS) is 13.6. The topological polar surface area (TPSA) is 63.8 Å². The lowest BCUT2D eigenvalue weighted by Crippen LogP contribution is -2.33. The Morgan fingerprint density at radius 2 is 2.17 bits per heavy atom. The van der Waals surface area contributed by atoms with Gasteiger partial charge in [-0.25, -0.2) is 9.67 Å². The van der Waals surface area contributed by atoms with Gasteiger partial charge in [-0.3, -0.25) is 4.98 Å². The molecule has 0 bridgehead atoms. The molecular weight excluding hydrogens is 249 g/mol. The predicted octanol–water partition coefficient (Wildman–Crippen LogP) is 1.26. The van der Waals surface area contributed by atoms with Gasteiger partial charge in [0, 0.05) is 18.0 Å². The average Bonchev–Trinajstić information content (AvgIpc) is 2.77. The van der Waals surface area contributed by atoms with Gasteiger partial charge in [0.1, 0.15) is 6.33 Å². The molecule has 1 N–H and O–H groups in total. The molecule has 0 aromatic carbocycles. The number of rotatable bonds is 3. The summed E-state index contributed by atoms with van der Waals surface area (Å²) in [6, 6.07) is 3.28. The zero-order valence-corrected chi connectivity index (χ0v) is 9.04. The Labute approximate surface area is 99.9 Å². The first-order valence-electron chi connectivity index (χ1n) is 5.01. The van der Waals surface area contributed by atoms with Crippen molar-refractivity contribution in [3.8, 4) is 11.4 Å². The molecule has 8 heteroatoms. The molecule has 0 amide bonds. The third-order valence-corrected chi connectivity index (χ3v) is 2.26. The second-order valence-electron chi connectivity index (χ2n) is 3.56. The average molecular weight is 258 g/mol. The SMILES string of the molecule is OC(Cn1ncnc1-c1cccnc1)C(F)(F)F. The van der Waals surface area contributed by atoms with Crippen molar-refractivity contribution in [2.45, 2.75) is 18.8 Å². The van der Waals surface area contributed by atoms with Crippen LogP contribution in [-0.4, -0.2) is 37.1 Å². The Balaban J connectivity index is 2.24. The molecule has 5 nitrogen and oxygen atoms in total. The van der Waals surface area contributed by atoms with E-state index in [9.17, 15) is 13.2 Å². The molecule has 2 heterocycles. The van der Waals surface area contributed by atoms with E-state index in [2.05, 4.69) is 15.1 Å². The van der Waals surface area contributed by atoms with Crippen molar-refractivity contribution in [2.75, 3.05) is 0 Å². The van der Waals surface area contributed by atoms with Crippen LogP contribution in [-0.2, 0) is 6.54 Å². The van der Waals surface area contributed by atoms with Crippen LogP contribution in [0, 0.1) is 0 Å². The van der Waals surface area contributed by atoms with E-state index in [1.165, 1.54) is 12.4 Å². The molecule has 0 spiro atoms. The van der Waals surface area contributed by atoms with Crippen LogP contribution in [0.15, 0.2) is 30.9 Å². The van der Waals surface area contributed by atoms with Crippen LogP contribution in [0.1, 0.15) is 0 Å². The van der Waals surface area contributed by atoms with Crippen LogP contribution in [0.4, 0.5) is 13.2 Å². The van der Waals surface area contributed by atoms with E-state index in [0.717, 1.165) is 11.0 Å². The molecule has 0 saturated carbocycles. The summed E-state index contributed by atoms with van der Waals surface area (Å²) in [6.07, 6.45) is -3.03. The van der Waals surface area contributed by atoms with E-state index in [0.29, 0.717) is 5.56 Å². The lowest BCUT2D eigenvalue weighted by atomic mass is 10.2. The maximum absolute atomic E-state index is 12.3. The fourth-order valence-electron chi connectivity index (χ4n) is 1.38. The third-order valence-electron chi connectivity index (χ3n) is 2.26. The first kappa shape index (κ1) is 12.5. The molecule has 96 valence electrons. The fourth-order valence-corrected chi connectivity index (χ4v) is 1.38.